The van der Waals surface area contributed by atoms with Crippen LogP contribution in [0, 0.1) is 0 Å². The van der Waals surface area contributed by atoms with Gasteiger partial charge in [0.05, 0.1) is 17.3 Å². The number of nitrogens with one attached hydrogen (secondary N) is 1. The zero-order valence-corrected chi connectivity index (χ0v) is 13.2. The molecule has 1 atom stereocenters. The largest absolute Gasteiger partial charge is 0.464 e. The number of nitrogens with zero attached hydrogens (tertiary/aromatic N) is 2. The van der Waals surface area contributed by atoms with E-state index in [0.717, 1.165) is 0 Å². The van der Waals surface area contributed by atoms with E-state index < -0.39 is 17.9 Å². The van der Waals surface area contributed by atoms with Crippen LogP contribution >= 0.6 is 28.6 Å². The standard InChI is InChI=1S/C11H16BrN3O3S/c1-3-15-9(7(12)5-13-15)10(16)14-8(6-19)11(17)18-4-2/h5,8,19H,3-4,6H2,1-2H3,(H,14,16)/t8-/m0/s1. The third-order valence-corrected chi connectivity index (χ3v) is 3.31. The van der Waals surface area contributed by atoms with Crippen LogP contribution in [0.15, 0.2) is 10.7 Å². The Kier molecular flexibility index (Phi) is 6.36. The molecule has 1 amide bonds. The maximum absolute atomic E-state index is 12.1. The Bertz CT molecular complexity index is 464. The van der Waals surface area contributed by atoms with Crippen LogP contribution in [0.5, 0.6) is 0 Å². The first-order chi connectivity index (χ1) is 9.04. The summed E-state index contributed by atoms with van der Waals surface area (Å²) in [7, 11) is 0. The van der Waals surface area contributed by atoms with Crippen molar-refractivity contribution < 1.29 is 14.3 Å². The monoisotopic (exact) mass is 349 g/mol. The molecule has 0 bridgehead atoms. The van der Waals surface area contributed by atoms with E-state index in [1.807, 2.05) is 6.92 Å². The number of carbonyl (C=O) groups excluding carboxylic acids is 2. The van der Waals surface area contributed by atoms with Crippen LogP contribution in [0.2, 0.25) is 0 Å². The number of halogens is 1. The molecule has 0 saturated carbocycles. The highest BCUT2D eigenvalue weighted by atomic mass is 79.9. The minimum Gasteiger partial charge on any atom is -0.464 e. The molecule has 8 heteroatoms. The number of aromatic nitrogens is 2. The lowest BCUT2D eigenvalue weighted by Crippen LogP contribution is -2.44. The number of hydrogen-bond donors (Lipinski definition) is 2. The normalized spacial score (nSPS) is 12.0. The average Bonchev–Trinajstić information content (AvgIpc) is 2.77. The van der Waals surface area contributed by atoms with Crippen molar-refractivity contribution in [1.82, 2.24) is 15.1 Å². The van der Waals surface area contributed by atoms with Gasteiger partial charge in [0.25, 0.3) is 5.91 Å². The zero-order valence-electron chi connectivity index (χ0n) is 10.7. The second-order valence-corrected chi connectivity index (χ2v) is 4.84. The van der Waals surface area contributed by atoms with E-state index in [-0.39, 0.29) is 12.4 Å². The minimum atomic E-state index is -0.775. The average molecular weight is 350 g/mol. The summed E-state index contributed by atoms with van der Waals surface area (Å²) in [6.07, 6.45) is 1.54. The molecular formula is C11H16BrN3O3S. The zero-order chi connectivity index (χ0) is 14.4. The summed E-state index contributed by atoms with van der Waals surface area (Å²) in [5, 5.41) is 6.63. The van der Waals surface area contributed by atoms with Crippen molar-refractivity contribution in [2.75, 3.05) is 12.4 Å². The number of amides is 1. The number of rotatable bonds is 6. The Hall–Kier alpha value is -1.02. The fourth-order valence-electron chi connectivity index (χ4n) is 1.48. The summed E-state index contributed by atoms with van der Waals surface area (Å²) in [6, 6.07) is -0.775. The molecule has 1 aromatic heterocycles. The Morgan fingerprint density at radius 1 is 1.58 bits per heavy atom. The number of carbonyl (C=O) groups is 2. The molecule has 0 aliphatic heterocycles. The van der Waals surface area contributed by atoms with E-state index in [1.54, 1.807) is 17.8 Å². The number of esters is 1. The van der Waals surface area contributed by atoms with Gasteiger partial charge in [0.15, 0.2) is 0 Å². The van der Waals surface area contributed by atoms with E-state index >= 15 is 0 Å². The highest BCUT2D eigenvalue weighted by Crippen LogP contribution is 2.16. The van der Waals surface area contributed by atoms with Gasteiger partial charge in [-0.3, -0.25) is 9.48 Å². The van der Waals surface area contributed by atoms with Crippen LogP contribution in [0.25, 0.3) is 0 Å². The SMILES string of the molecule is CCOC(=O)[C@H](CS)NC(=O)c1c(Br)cnn1CC. The van der Waals surface area contributed by atoms with E-state index in [9.17, 15) is 9.59 Å². The van der Waals surface area contributed by atoms with Gasteiger partial charge in [-0.2, -0.15) is 17.7 Å². The van der Waals surface area contributed by atoms with Crippen molar-refractivity contribution in [1.29, 1.82) is 0 Å². The number of aryl methyl sites for hydroxylation is 1. The third-order valence-electron chi connectivity index (χ3n) is 2.37. The molecule has 0 saturated heterocycles. The van der Waals surface area contributed by atoms with Crippen LogP contribution in [0.3, 0.4) is 0 Å². The second-order valence-electron chi connectivity index (χ2n) is 3.62. The molecule has 19 heavy (non-hydrogen) atoms. The van der Waals surface area contributed by atoms with Gasteiger partial charge in [-0.15, -0.1) is 0 Å². The maximum Gasteiger partial charge on any atom is 0.329 e. The topological polar surface area (TPSA) is 73.2 Å². The van der Waals surface area contributed by atoms with Crippen molar-refractivity contribution in [2.24, 2.45) is 0 Å². The lowest BCUT2D eigenvalue weighted by Gasteiger charge is -2.15. The summed E-state index contributed by atoms with van der Waals surface area (Å²) < 4.78 is 6.98. The van der Waals surface area contributed by atoms with E-state index in [4.69, 9.17) is 4.74 Å². The molecule has 0 aliphatic carbocycles. The van der Waals surface area contributed by atoms with Gasteiger partial charge in [0.1, 0.15) is 11.7 Å². The second kappa shape index (κ2) is 7.54. The predicted molar refractivity (Wildman–Crippen MR) is 77.3 cm³/mol. The Morgan fingerprint density at radius 3 is 2.79 bits per heavy atom. The molecule has 0 radical (unpaired) electrons. The summed E-state index contributed by atoms with van der Waals surface area (Å²) in [4.78, 5) is 23.7. The molecule has 1 aromatic rings. The van der Waals surface area contributed by atoms with Gasteiger partial charge < -0.3 is 10.1 Å². The van der Waals surface area contributed by atoms with Gasteiger partial charge in [-0.25, -0.2) is 4.79 Å². The van der Waals surface area contributed by atoms with Crippen LogP contribution < -0.4 is 5.32 Å². The number of ether oxygens (including phenoxy) is 1. The Balaban J connectivity index is 2.82. The Morgan fingerprint density at radius 2 is 2.26 bits per heavy atom. The Labute approximate surface area is 125 Å². The molecule has 0 fully saturated rings. The molecular weight excluding hydrogens is 334 g/mol. The summed E-state index contributed by atoms with van der Waals surface area (Å²) in [5.74, 6) is -0.717. The van der Waals surface area contributed by atoms with E-state index in [2.05, 4.69) is 39.0 Å². The summed E-state index contributed by atoms with van der Waals surface area (Å²) in [6.45, 7) is 4.39. The van der Waals surface area contributed by atoms with Crippen LogP contribution in [0.1, 0.15) is 24.3 Å². The molecule has 0 aliphatic rings. The predicted octanol–water partition coefficient (Wildman–Crippen LogP) is 1.26. The first kappa shape index (κ1) is 16.0. The quantitative estimate of drug-likeness (QED) is 0.598. The lowest BCUT2D eigenvalue weighted by molar-refractivity contribution is -0.144. The highest BCUT2D eigenvalue weighted by Gasteiger charge is 2.24. The van der Waals surface area contributed by atoms with E-state index in [1.165, 1.54) is 0 Å². The van der Waals surface area contributed by atoms with Crippen molar-refractivity contribution >= 4 is 40.4 Å². The van der Waals surface area contributed by atoms with Crippen molar-refractivity contribution in [3.8, 4) is 0 Å². The molecule has 106 valence electrons. The van der Waals surface area contributed by atoms with Crippen molar-refractivity contribution in [3.63, 3.8) is 0 Å². The number of thiol groups is 1. The molecule has 1 heterocycles. The number of hydrogen-bond acceptors (Lipinski definition) is 5. The van der Waals surface area contributed by atoms with E-state index in [0.29, 0.717) is 16.7 Å². The molecule has 0 aromatic carbocycles. The van der Waals surface area contributed by atoms with Crippen molar-refractivity contribution in [3.05, 3.63) is 16.4 Å². The van der Waals surface area contributed by atoms with Crippen molar-refractivity contribution in [2.45, 2.75) is 26.4 Å². The molecule has 0 unspecified atom stereocenters. The van der Waals surface area contributed by atoms with Gasteiger partial charge >= 0.3 is 5.97 Å². The fourth-order valence-corrected chi connectivity index (χ4v) is 2.19. The van der Waals surface area contributed by atoms with Crippen LogP contribution in [-0.4, -0.2) is 40.1 Å². The van der Waals surface area contributed by atoms with Crippen LogP contribution in [0.4, 0.5) is 0 Å². The van der Waals surface area contributed by atoms with Gasteiger partial charge in [-0.1, -0.05) is 0 Å². The van der Waals surface area contributed by atoms with Gasteiger partial charge in [0.2, 0.25) is 0 Å². The third kappa shape index (κ3) is 3.97. The lowest BCUT2D eigenvalue weighted by atomic mass is 10.3. The minimum absolute atomic E-state index is 0.169. The van der Waals surface area contributed by atoms with Crippen LogP contribution in [-0.2, 0) is 16.1 Å². The van der Waals surface area contributed by atoms with Gasteiger partial charge in [-0.05, 0) is 29.8 Å². The smallest absolute Gasteiger partial charge is 0.329 e. The first-order valence-corrected chi connectivity index (χ1v) is 7.27. The highest BCUT2D eigenvalue weighted by molar-refractivity contribution is 9.10. The molecule has 1 rings (SSSR count). The maximum atomic E-state index is 12.1. The molecule has 6 nitrogen and oxygen atoms in total. The van der Waals surface area contributed by atoms with Gasteiger partial charge in [0, 0.05) is 12.3 Å². The summed E-state index contributed by atoms with van der Waals surface area (Å²) >= 11 is 7.30. The molecule has 0 spiro atoms. The first-order valence-electron chi connectivity index (χ1n) is 5.84. The molecule has 1 N–H and O–H groups in total. The fraction of sp³-hybridized carbons (Fsp3) is 0.545. The summed E-state index contributed by atoms with van der Waals surface area (Å²) in [5.41, 5.74) is 0.374.